The third-order valence-corrected chi connectivity index (χ3v) is 4.88. The molecule has 2 aliphatic heterocycles. The molecule has 1 aromatic heterocycles. The van der Waals surface area contributed by atoms with Crippen molar-refractivity contribution >= 4 is 18.0 Å². The number of carbonyl (C=O) groups is 2. The predicted molar refractivity (Wildman–Crippen MR) is 78.3 cm³/mol. The maximum atomic E-state index is 12.3. The number of fused-ring (bicyclic) bond motifs is 2. The van der Waals surface area contributed by atoms with Crippen LogP contribution in [0.15, 0.2) is 16.3 Å². The Labute approximate surface area is 133 Å². The van der Waals surface area contributed by atoms with Gasteiger partial charge in [-0.05, 0) is 43.9 Å². The van der Waals surface area contributed by atoms with E-state index in [-0.39, 0.29) is 18.0 Å². The van der Waals surface area contributed by atoms with Crippen LogP contribution in [0.25, 0.3) is 6.08 Å². The summed E-state index contributed by atoms with van der Waals surface area (Å²) in [7, 11) is 0. The summed E-state index contributed by atoms with van der Waals surface area (Å²) in [5.74, 6) is -0.0587. The second-order valence-corrected chi connectivity index (χ2v) is 6.48. The quantitative estimate of drug-likeness (QED) is 0.584. The van der Waals surface area contributed by atoms with Crippen LogP contribution < -0.4 is 0 Å². The summed E-state index contributed by atoms with van der Waals surface area (Å²) in [5.41, 5.74) is 1.74. The molecule has 23 heavy (non-hydrogen) atoms. The van der Waals surface area contributed by atoms with Gasteiger partial charge in [-0.2, -0.15) is 0 Å². The Hall–Kier alpha value is -2.08. The van der Waals surface area contributed by atoms with E-state index in [0.29, 0.717) is 18.6 Å². The van der Waals surface area contributed by atoms with Gasteiger partial charge in [-0.1, -0.05) is 0 Å². The van der Waals surface area contributed by atoms with E-state index in [0.717, 1.165) is 16.7 Å². The van der Waals surface area contributed by atoms with Gasteiger partial charge in [0.1, 0.15) is 18.0 Å². The van der Waals surface area contributed by atoms with Crippen molar-refractivity contribution in [2.24, 2.45) is 0 Å². The molecule has 4 rings (SSSR count). The Bertz CT molecular complexity index is 729. The van der Waals surface area contributed by atoms with E-state index < -0.39 is 17.8 Å². The van der Waals surface area contributed by atoms with E-state index in [9.17, 15) is 9.59 Å². The Morgan fingerprint density at radius 2 is 2.17 bits per heavy atom. The summed E-state index contributed by atoms with van der Waals surface area (Å²) in [5, 5.41) is 0. The Kier molecular flexibility index (Phi) is 2.97. The molecule has 4 atom stereocenters. The summed E-state index contributed by atoms with van der Waals surface area (Å²) in [6.07, 6.45) is 3.37. The molecule has 1 aliphatic carbocycles. The first-order chi connectivity index (χ1) is 10.9. The molecule has 0 radical (unpaired) electrons. The molecule has 0 N–H and O–H groups in total. The van der Waals surface area contributed by atoms with Crippen molar-refractivity contribution in [1.82, 2.24) is 0 Å². The van der Waals surface area contributed by atoms with Crippen LogP contribution in [0, 0.1) is 6.92 Å². The molecule has 1 aromatic rings. The Morgan fingerprint density at radius 3 is 2.87 bits per heavy atom. The van der Waals surface area contributed by atoms with Gasteiger partial charge in [-0.25, -0.2) is 4.79 Å². The first kappa shape index (κ1) is 14.5. The van der Waals surface area contributed by atoms with Crippen LogP contribution in [0.4, 0.5) is 0 Å². The number of rotatable bonds is 1. The molecule has 3 heterocycles. The highest BCUT2D eigenvalue weighted by Crippen LogP contribution is 2.57. The van der Waals surface area contributed by atoms with Gasteiger partial charge < -0.3 is 18.6 Å². The molecular formula is C17H18O6. The molecule has 2 bridgehead atoms. The molecule has 6 nitrogen and oxygen atoms in total. The molecule has 0 unspecified atom stereocenters. The van der Waals surface area contributed by atoms with Crippen LogP contribution in [0.5, 0.6) is 0 Å². The fraction of sp³-hybridized carbons (Fsp3) is 0.529. The van der Waals surface area contributed by atoms with Gasteiger partial charge in [-0.15, -0.1) is 0 Å². The first-order valence-corrected chi connectivity index (χ1v) is 7.74. The first-order valence-electron chi connectivity index (χ1n) is 7.74. The number of hydrogen-bond acceptors (Lipinski definition) is 6. The highest BCUT2D eigenvalue weighted by Gasteiger charge is 2.73. The molecule has 2 fully saturated rings. The third kappa shape index (κ3) is 2.05. The van der Waals surface area contributed by atoms with Crippen molar-refractivity contribution in [3.63, 3.8) is 0 Å². The van der Waals surface area contributed by atoms with Gasteiger partial charge in [0, 0.05) is 12.5 Å². The van der Waals surface area contributed by atoms with Crippen molar-refractivity contribution in [3.8, 4) is 0 Å². The lowest BCUT2D eigenvalue weighted by Crippen LogP contribution is -2.26. The van der Waals surface area contributed by atoms with Crippen LogP contribution in [0.1, 0.15) is 49.7 Å². The SMILES string of the molecule is CC(=O)O[C@H]1CC[C@]23O[C@H]2[C@@H](OC3=O)c2c(C)coc2/C=C\1C. The average molecular weight is 318 g/mol. The van der Waals surface area contributed by atoms with E-state index >= 15 is 0 Å². The molecule has 122 valence electrons. The lowest BCUT2D eigenvalue weighted by Gasteiger charge is -2.19. The number of ether oxygens (including phenoxy) is 3. The molecule has 0 aromatic carbocycles. The summed E-state index contributed by atoms with van der Waals surface area (Å²) in [6.45, 7) is 5.19. The summed E-state index contributed by atoms with van der Waals surface area (Å²) < 4.78 is 22.3. The van der Waals surface area contributed by atoms with Crippen LogP contribution in [0.2, 0.25) is 0 Å². The number of aryl methyl sites for hydroxylation is 1. The smallest absolute Gasteiger partial charge is 0.342 e. The molecule has 0 spiro atoms. The Morgan fingerprint density at radius 1 is 1.39 bits per heavy atom. The van der Waals surface area contributed by atoms with Gasteiger partial charge >= 0.3 is 11.9 Å². The monoisotopic (exact) mass is 318 g/mol. The zero-order chi connectivity index (χ0) is 16.4. The predicted octanol–water partition coefficient (Wildman–Crippen LogP) is 2.45. The van der Waals surface area contributed by atoms with E-state index in [1.165, 1.54) is 6.92 Å². The molecular weight excluding hydrogens is 300 g/mol. The van der Waals surface area contributed by atoms with Crippen molar-refractivity contribution in [2.45, 2.75) is 57.5 Å². The van der Waals surface area contributed by atoms with Gasteiger partial charge in [-0.3, -0.25) is 4.79 Å². The lowest BCUT2D eigenvalue weighted by atomic mass is 9.90. The van der Waals surface area contributed by atoms with E-state index in [2.05, 4.69) is 0 Å². The van der Waals surface area contributed by atoms with Crippen molar-refractivity contribution in [1.29, 1.82) is 0 Å². The Balaban J connectivity index is 1.81. The lowest BCUT2D eigenvalue weighted by molar-refractivity contribution is -0.154. The number of epoxide rings is 1. The normalized spacial score (nSPS) is 37.1. The number of carbonyl (C=O) groups excluding carboxylic acids is 2. The summed E-state index contributed by atoms with van der Waals surface area (Å²) in [4.78, 5) is 23.7. The van der Waals surface area contributed by atoms with Crippen LogP contribution >= 0.6 is 0 Å². The van der Waals surface area contributed by atoms with Crippen molar-refractivity contribution in [2.75, 3.05) is 0 Å². The van der Waals surface area contributed by atoms with Crippen LogP contribution in [-0.2, 0) is 23.8 Å². The maximum absolute atomic E-state index is 12.3. The third-order valence-electron chi connectivity index (χ3n) is 4.88. The minimum absolute atomic E-state index is 0.283. The van der Waals surface area contributed by atoms with Crippen molar-refractivity contribution < 1.29 is 28.2 Å². The zero-order valence-electron chi connectivity index (χ0n) is 13.3. The second-order valence-electron chi connectivity index (χ2n) is 6.48. The van der Waals surface area contributed by atoms with Gasteiger partial charge in [0.2, 0.25) is 0 Å². The van der Waals surface area contributed by atoms with Crippen LogP contribution in [0.3, 0.4) is 0 Å². The molecule has 3 aliphatic rings. The molecule has 0 amide bonds. The fourth-order valence-corrected chi connectivity index (χ4v) is 3.63. The molecule has 2 saturated heterocycles. The number of furan rings is 1. The second kappa shape index (κ2) is 4.71. The fourth-order valence-electron chi connectivity index (χ4n) is 3.63. The zero-order valence-corrected chi connectivity index (χ0v) is 13.3. The van der Waals surface area contributed by atoms with Crippen LogP contribution in [-0.4, -0.2) is 29.7 Å². The average Bonchev–Trinajstić information content (AvgIpc) is 3.03. The van der Waals surface area contributed by atoms with E-state index in [1.807, 2.05) is 19.9 Å². The molecule has 6 heteroatoms. The highest BCUT2D eigenvalue weighted by molar-refractivity contribution is 5.87. The summed E-state index contributed by atoms with van der Waals surface area (Å²) in [6, 6.07) is 0. The van der Waals surface area contributed by atoms with Gasteiger partial charge in [0.15, 0.2) is 11.7 Å². The largest absolute Gasteiger partial charge is 0.464 e. The van der Waals surface area contributed by atoms with E-state index in [1.54, 1.807) is 6.26 Å². The minimum Gasteiger partial charge on any atom is -0.464 e. The van der Waals surface area contributed by atoms with Gasteiger partial charge in [0.05, 0.1) is 6.26 Å². The maximum Gasteiger partial charge on any atom is 0.342 e. The highest BCUT2D eigenvalue weighted by atomic mass is 16.7. The van der Waals surface area contributed by atoms with Gasteiger partial charge in [0.25, 0.3) is 0 Å². The number of hydrogen-bond donors (Lipinski definition) is 0. The number of esters is 2. The minimum atomic E-state index is -0.887. The topological polar surface area (TPSA) is 78.3 Å². The van der Waals surface area contributed by atoms with Crippen molar-refractivity contribution in [3.05, 3.63) is 28.7 Å². The van der Waals surface area contributed by atoms with E-state index in [4.69, 9.17) is 18.6 Å². The summed E-state index contributed by atoms with van der Waals surface area (Å²) >= 11 is 0. The molecule has 0 saturated carbocycles. The standard InChI is InChI=1S/C17H18O6/c1-8-6-12-13(9(2)7-20-12)14-15-17(23-15,16(19)22-14)5-4-11(8)21-10(3)18/h6-7,11,14-15H,4-5H2,1-3H3/b8-6-/t11-,14-,15-,17-/m0/s1.